The summed E-state index contributed by atoms with van der Waals surface area (Å²) in [6.45, 7) is 4.17. The van der Waals surface area contributed by atoms with E-state index in [1.165, 1.54) is 5.56 Å². The molecule has 0 saturated heterocycles. The third-order valence-electron chi connectivity index (χ3n) is 2.58. The minimum Gasteiger partial charge on any atom is -0.307 e. The van der Waals surface area contributed by atoms with Crippen molar-refractivity contribution in [2.75, 3.05) is 0 Å². The summed E-state index contributed by atoms with van der Waals surface area (Å²) in [5, 5.41) is 1.05. The fraction of sp³-hybridized carbons (Fsp3) is 0.333. The van der Waals surface area contributed by atoms with Crippen LogP contribution in [-0.2, 0) is 12.8 Å². The van der Waals surface area contributed by atoms with Crippen LogP contribution in [0.5, 0.6) is 0 Å². The summed E-state index contributed by atoms with van der Waals surface area (Å²) in [7, 11) is 0. The first-order valence-corrected chi connectivity index (χ1v) is 5.26. The van der Waals surface area contributed by atoms with Gasteiger partial charge in [-0.05, 0) is 30.5 Å². The molecule has 0 fully saturated rings. The van der Waals surface area contributed by atoms with Crippen LogP contribution in [0.25, 0.3) is 11.0 Å². The van der Waals surface area contributed by atoms with E-state index in [9.17, 15) is 4.79 Å². The van der Waals surface area contributed by atoms with E-state index in [0.717, 1.165) is 23.9 Å². The molecule has 0 aromatic carbocycles. The molecule has 0 aliphatic carbocycles. The lowest BCUT2D eigenvalue weighted by atomic mass is 10.1. The lowest BCUT2D eigenvalue weighted by molar-refractivity contribution is 1.02. The van der Waals surface area contributed by atoms with Crippen molar-refractivity contribution >= 4 is 11.0 Å². The van der Waals surface area contributed by atoms with Crippen LogP contribution < -0.4 is 5.56 Å². The van der Waals surface area contributed by atoms with Crippen molar-refractivity contribution in [3.8, 4) is 0 Å². The molecule has 78 valence electrons. The Bertz CT molecular complexity index is 543. The van der Waals surface area contributed by atoms with Gasteiger partial charge in [-0.1, -0.05) is 13.8 Å². The molecular weight excluding hydrogens is 188 g/mol. The van der Waals surface area contributed by atoms with Crippen LogP contribution in [0.1, 0.15) is 25.1 Å². The van der Waals surface area contributed by atoms with Crippen molar-refractivity contribution < 1.29 is 0 Å². The molecular formula is C12H14N2O. The maximum Gasteiger partial charge on any atom is 0.249 e. The second-order valence-corrected chi connectivity index (χ2v) is 3.56. The lowest BCUT2D eigenvalue weighted by Crippen LogP contribution is -2.06. The predicted octanol–water partition coefficient (Wildman–Crippen LogP) is 2.05. The number of aromatic amines is 1. The third kappa shape index (κ3) is 1.77. The van der Waals surface area contributed by atoms with Crippen molar-refractivity contribution in [2.45, 2.75) is 26.7 Å². The Morgan fingerprint density at radius 3 is 2.73 bits per heavy atom. The summed E-state index contributed by atoms with van der Waals surface area (Å²) < 4.78 is 0. The number of hydrogen-bond donors (Lipinski definition) is 1. The van der Waals surface area contributed by atoms with Crippen LogP contribution in [0.15, 0.2) is 23.0 Å². The summed E-state index contributed by atoms with van der Waals surface area (Å²) in [4.78, 5) is 18.4. The van der Waals surface area contributed by atoms with E-state index in [2.05, 4.69) is 29.9 Å². The molecule has 0 aliphatic rings. The maximum atomic E-state index is 11.2. The zero-order valence-corrected chi connectivity index (χ0v) is 9.00. The average Bonchev–Trinajstić information content (AvgIpc) is 2.26. The van der Waals surface area contributed by atoms with Crippen LogP contribution in [0.4, 0.5) is 0 Å². The molecule has 3 heteroatoms. The first kappa shape index (κ1) is 9.90. The van der Waals surface area contributed by atoms with Gasteiger partial charge in [0.05, 0.1) is 0 Å². The summed E-state index contributed by atoms with van der Waals surface area (Å²) in [5.41, 5.74) is 2.89. The number of pyridine rings is 2. The molecule has 3 nitrogen and oxygen atoms in total. The van der Waals surface area contributed by atoms with Gasteiger partial charge in [0.1, 0.15) is 5.65 Å². The molecule has 2 heterocycles. The molecule has 0 aliphatic heterocycles. The predicted molar refractivity (Wildman–Crippen MR) is 61.1 cm³/mol. The molecule has 15 heavy (non-hydrogen) atoms. The molecule has 2 rings (SSSR count). The van der Waals surface area contributed by atoms with Crippen molar-refractivity contribution in [3.05, 3.63) is 39.8 Å². The molecule has 0 spiro atoms. The standard InChI is InChI=1S/C12H14N2O/c1-3-8-7-9(4-2)13-12-10(8)5-6-11(15)14-12/h5-7H,3-4H2,1-2H3,(H,13,14,15). The normalized spacial score (nSPS) is 10.8. The highest BCUT2D eigenvalue weighted by Gasteiger charge is 2.03. The molecule has 0 saturated carbocycles. The minimum absolute atomic E-state index is 0.0923. The minimum atomic E-state index is -0.0923. The largest absolute Gasteiger partial charge is 0.307 e. The average molecular weight is 202 g/mol. The first-order valence-electron chi connectivity index (χ1n) is 5.26. The van der Waals surface area contributed by atoms with E-state index in [0.29, 0.717) is 5.65 Å². The number of aryl methyl sites for hydroxylation is 2. The van der Waals surface area contributed by atoms with Crippen molar-refractivity contribution in [1.29, 1.82) is 0 Å². The Labute approximate surface area is 88.2 Å². The second-order valence-electron chi connectivity index (χ2n) is 3.56. The van der Waals surface area contributed by atoms with E-state index >= 15 is 0 Å². The topological polar surface area (TPSA) is 45.8 Å². The van der Waals surface area contributed by atoms with E-state index in [1.54, 1.807) is 6.07 Å². The fourth-order valence-electron chi connectivity index (χ4n) is 1.74. The SMILES string of the molecule is CCc1cc(CC)c2ccc(=O)[nH]c2n1. The van der Waals surface area contributed by atoms with Gasteiger partial charge < -0.3 is 4.98 Å². The van der Waals surface area contributed by atoms with Gasteiger partial charge in [-0.2, -0.15) is 0 Å². The number of nitrogens with zero attached hydrogens (tertiary/aromatic N) is 1. The van der Waals surface area contributed by atoms with E-state index in [-0.39, 0.29) is 5.56 Å². The fourth-order valence-corrected chi connectivity index (χ4v) is 1.74. The zero-order chi connectivity index (χ0) is 10.8. The Balaban J connectivity index is 2.80. The molecule has 2 aromatic rings. The number of nitrogens with one attached hydrogen (secondary N) is 1. The number of aromatic nitrogens is 2. The van der Waals surface area contributed by atoms with Crippen molar-refractivity contribution in [1.82, 2.24) is 9.97 Å². The highest BCUT2D eigenvalue weighted by molar-refractivity contribution is 5.78. The van der Waals surface area contributed by atoms with Crippen LogP contribution in [0.3, 0.4) is 0 Å². The second kappa shape index (κ2) is 3.85. The molecule has 0 unspecified atom stereocenters. The summed E-state index contributed by atoms with van der Waals surface area (Å²) >= 11 is 0. The van der Waals surface area contributed by atoms with Gasteiger partial charge in [0.2, 0.25) is 5.56 Å². The zero-order valence-electron chi connectivity index (χ0n) is 9.00. The maximum absolute atomic E-state index is 11.2. The molecule has 0 bridgehead atoms. The quantitative estimate of drug-likeness (QED) is 0.810. The molecule has 0 radical (unpaired) electrons. The monoisotopic (exact) mass is 202 g/mol. The summed E-state index contributed by atoms with van der Waals surface area (Å²) in [6, 6.07) is 5.51. The Hall–Kier alpha value is -1.64. The van der Waals surface area contributed by atoms with Gasteiger partial charge in [-0.15, -0.1) is 0 Å². The van der Waals surface area contributed by atoms with Crippen molar-refractivity contribution in [3.63, 3.8) is 0 Å². The first-order chi connectivity index (χ1) is 7.24. The molecule has 2 aromatic heterocycles. The van der Waals surface area contributed by atoms with Gasteiger partial charge in [-0.25, -0.2) is 4.98 Å². The highest BCUT2D eigenvalue weighted by atomic mass is 16.1. The van der Waals surface area contributed by atoms with Gasteiger partial charge in [-0.3, -0.25) is 4.79 Å². The summed E-state index contributed by atoms with van der Waals surface area (Å²) in [5.74, 6) is 0. The highest BCUT2D eigenvalue weighted by Crippen LogP contribution is 2.16. The van der Waals surface area contributed by atoms with E-state index in [1.807, 2.05) is 6.07 Å². The smallest absolute Gasteiger partial charge is 0.249 e. The third-order valence-corrected chi connectivity index (χ3v) is 2.58. The molecule has 1 N–H and O–H groups in total. The Morgan fingerprint density at radius 2 is 2.07 bits per heavy atom. The van der Waals surface area contributed by atoms with Gasteiger partial charge in [0.15, 0.2) is 0 Å². The Morgan fingerprint density at radius 1 is 1.27 bits per heavy atom. The Kier molecular flexibility index (Phi) is 2.54. The van der Waals surface area contributed by atoms with Crippen LogP contribution in [0.2, 0.25) is 0 Å². The van der Waals surface area contributed by atoms with Gasteiger partial charge in [0, 0.05) is 17.1 Å². The van der Waals surface area contributed by atoms with E-state index < -0.39 is 0 Å². The molecule has 0 amide bonds. The van der Waals surface area contributed by atoms with Crippen LogP contribution >= 0.6 is 0 Å². The molecule has 0 atom stereocenters. The number of fused-ring (bicyclic) bond motifs is 1. The van der Waals surface area contributed by atoms with Gasteiger partial charge >= 0.3 is 0 Å². The summed E-state index contributed by atoms with van der Waals surface area (Å²) in [6.07, 6.45) is 1.85. The van der Waals surface area contributed by atoms with Crippen LogP contribution in [-0.4, -0.2) is 9.97 Å². The number of rotatable bonds is 2. The van der Waals surface area contributed by atoms with Crippen LogP contribution in [0, 0.1) is 0 Å². The number of hydrogen-bond acceptors (Lipinski definition) is 2. The van der Waals surface area contributed by atoms with Crippen molar-refractivity contribution in [2.24, 2.45) is 0 Å². The van der Waals surface area contributed by atoms with E-state index in [4.69, 9.17) is 0 Å². The van der Waals surface area contributed by atoms with Gasteiger partial charge in [0.25, 0.3) is 0 Å². The lowest BCUT2D eigenvalue weighted by Gasteiger charge is -2.05. The number of H-pyrrole nitrogens is 1.